The summed E-state index contributed by atoms with van der Waals surface area (Å²) in [4.78, 5) is 4.78. The summed E-state index contributed by atoms with van der Waals surface area (Å²) in [6.45, 7) is 0. The fourth-order valence-electron chi connectivity index (χ4n) is 2.96. The zero-order valence-corrected chi connectivity index (χ0v) is 9.50. The maximum absolute atomic E-state index is 9.15. The number of aromatic nitrogens is 1. The van der Waals surface area contributed by atoms with Crippen LogP contribution in [-0.2, 0) is 19.3 Å². The van der Waals surface area contributed by atoms with Crippen molar-refractivity contribution in [1.29, 1.82) is 5.26 Å². The van der Waals surface area contributed by atoms with E-state index in [-0.39, 0.29) is 5.92 Å². The quantitative estimate of drug-likeness (QED) is 0.663. The number of hydrogen-bond acceptors (Lipinski definition) is 2. The second-order valence-electron chi connectivity index (χ2n) is 4.92. The van der Waals surface area contributed by atoms with Crippen LogP contribution in [0.3, 0.4) is 0 Å². The lowest BCUT2D eigenvalue weighted by Crippen LogP contribution is -2.15. The van der Waals surface area contributed by atoms with Crippen molar-refractivity contribution in [2.24, 2.45) is 0 Å². The molecule has 0 amide bonds. The zero-order valence-electron chi connectivity index (χ0n) is 9.50. The lowest BCUT2D eigenvalue weighted by atomic mass is 9.84. The van der Waals surface area contributed by atoms with Crippen LogP contribution < -0.4 is 0 Å². The van der Waals surface area contributed by atoms with E-state index in [1.165, 1.54) is 36.1 Å². The number of hydrogen-bond donors (Lipinski definition) is 0. The Morgan fingerprint density at radius 2 is 1.94 bits per heavy atom. The Morgan fingerprint density at radius 3 is 2.81 bits per heavy atom. The standard InChI is InChI=1S/C14H16N2/c15-9-12-6-3-5-11-8-10-4-1-2-7-13(10)16-14(11)12/h8,12H,1-7H2. The monoisotopic (exact) mass is 212 g/mol. The number of nitriles is 1. The molecule has 82 valence electrons. The van der Waals surface area contributed by atoms with Crippen molar-refractivity contribution in [3.63, 3.8) is 0 Å². The molecule has 0 aliphatic heterocycles. The van der Waals surface area contributed by atoms with Crippen molar-refractivity contribution < 1.29 is 0 Å². The summed E-state index contributed by atoms with van der Waals surface area (Å²) in [7, 11) is 0. The van der Waals surface area contributed by atoms with Crippen molar-refractivity contribution in [3.05, 3.63) is 28.6 Å². The van der Waals surface area contributed by atoms with Gasteiger partial charge in [-0.15, -0.1) is 0 Å². The van der Waals surface area contributed by atoms with Crippen LogP contribution in [0.2, 0.25) is 0 Å². The van der Waals surface area contributed by atoms with E-state index in [9.17, 15) is 0 Å². The molecule has 1 aromatic heterocycles. The molecule has 1 unspecified atom stereocenters. The Morgan fingerprint density at radius 1 is 1.12 bits per heavy atom. The summed E-state index contributed by atoms with van der Waals surface area (Å²) >= 11 is 0. The highest BCUT2D eigenvalue weighted by Crippen LogP contribution is 2.32. The molecule has 16 heavy (non-hydrogen) atoms. The lowest BCUT2D eigenvalue weighted by molar-refractivity contribution is 0.597. The second kappa shape index (κ2) is 3.90. The normalized spacial score (nSPS) is 23.1. The largest absolute Gasteiger partial charge is 0.256 e. The summed E-state index contributed by atoms with van der Waals surface area (Å²) in [6.07, 6.45) is 8.12. The van der Waals surface area contributed by atoms with Crippen LogP contribution in [0.25, 0.3) is 0 Å². The van der Waals surface area contributed by atoms with Gasteiger partial charge in [0.2, 0.25) is 0 Å². The van der Waals surface area contributed by atoms with Crippen LogP contribution in [0.1, 0.15) is 54.1 Å². The summed E-state index contributed by atoms with van der Waals surface area (Å²) in [5, 5.41) is 9.15. The third-order valence-electron chi connectivity index (χ3n) is 3.84. The molecule has 2 heteroatoms. The van der Waals surface area contributed by atoms with Crippen molar-refractivity contribution in [2.75, 3.05) is 0 Å². The Balaban J connectivity index is 2.09. The van der Waals surface area contributed by atoms with E-state index in [1.54, 1.807) is 0 Å². The Labute approximate surface area is 96.3 Å². The third-order valence-corrected chi connectivity index (χ3v) is 3.84. The van der Waals surface area contributed by atoms with Crippen molar-refractivity contribution >= 4 is 0 Å². The second-order valence-corrected chi connectivity index (χ2v) is 4.92. The van der Waals surface area contributed by atoms with Gasteiger partial charge in [0, 0.05) is 5.69 Å². The molecule has 1 heterocycles. The molecule has 1 atom stereocenters. The van der Waals surface area contributed by atoms with E-state index >= 15 is 0 Å². The first-order valence-electron chi connectivity index (χ1n) is 6.29. The first-order chi connectivity index (χ1) is 7.88. The summed E-state index contributed by atoms with van der Waals surface area (Å²) < 4.78 is 0. The molecule has 0 saturated heterocycles. The van der Waals surface area contributed by atoms with E-state index in [1.807, 2.05) is 0 Å². The smallest absolute Gasteiger partial charge is 0.0887 e. The lowest BCUT2D eigenvalue weighted by Gasteiger charge is -2.24. The number of nitrogens with zero attached hydrogens (tertiary/aromatic N) is 2. The highest BCUT2D eigenvalue weighted by Gasteiger charge is 2.24. The van der Waals surface area contributed by atoms with Gasteiger partial charge in [0.25, 0.3) is 0 Å². The average molecular weight is 212 g/mol. The van der Waals surface area contributed by atoms with Gasteiger partial charge in [-0.05, 0) is 56.1 Å². The first kappa shape index (κ1) is 9.84. The minimum atomic E-state index is 0.0518. The number of fused-ring (bicyclic) bond motifs is 2. The van der Waals surface area contributed by atoms with E-state index < -0.39 is 0 Å². The molecule has 0 aromatic carbocycles. The van der Waals surface area contributed by atoms with Gasteiger partial charge in [-0.1, -0.05) is 6.07 Å². The van der Waals surface area contributed by atoms with Crippen LogP contribution in [-0.4, -0.2) is 4.98 Å². The molecule has 0 fully saturated rings. The fraction of sp³-hybridized carbons (Fsp3) is 0.571. The SMILES string of the molecule is N#CC1CCCc2cc3c(nc21)CCCC3. The molecule has 0 radical (unpaired) electrons. The average Bonchev–Trinajstić information content (AvgIpc) is 2.35. The molecular weight excluding hydrogens is 196 g/mol. The molecule has 2 nitrogen and oxygen atoms in total. The Bertz CT molecular complexity index is 457. The maximum atomic E-state index is 9.15. The van der Waals surface area contributed by atoms with Gasteiger partial charge >= 0.3 is 0 Å². The maximum Gasteiger partial charge on any atom is 0.0887 e. The van der Waals surface area contributed by atoms with Crippen LogP contribution >= 0.6 is 0 Å². The predicted octanol–water partition coefficient (Wildman–Crippen LogP) is 2.90. The Hall–Kier alpha value is -1.36. The third kappa shape index (κ3) is 1.51. The van der Waals surface area contributed by atoms with Gasteiger partial charge in [0.05, 0.1) is 17.7 Å². The van der Waals surface area contributed by atoms with Crippen LogP contribution in [0.4, 0.5) is 0 Å². The minimum absolute atomic E-state index is 0.0518. The number of pyridine rings is 1. The van der Waals surface area contributed by atoms with Gasteiger partial charge < -0.3 is 0 Å². The predicted molar refractivity (Wildman–Crippen MR) is 62.2 cm³/mol. The summed E-state index contributed by atoms with van der Waals surface area (Å²) in [5.74, 6) is 0.0518. The van der Waals surface area contributed by atoms with E-state index in [0.29, 0.717) is 0 Å². The van der Waals surface area contributed by atoms with Gasteiger partial charge in [-0.2, -0.15) is 5.26 Å². The summed E-state index contributed by atoms with van der Waals surface area (Å²) in [5.41, 5.74) is 5.16. The van der Waals surface area contributed by atoms with E-state index in [2.05, 4.69) is 12.1 Å². The van der Waals surface area contributed by atoms with Gasteiger partial charge in [0.1, 0.15) is 0 Å². The zero-order chi connectivity index (χ0) is 11.0. The molecule has 0 saturated carbocycles. The van der Waals surface area contributed by atoms with Crippen molar-refractivity contribution in [2.45, 2.75) is 50.9 Å². The number of aryl methyl sites for hydroxylation is 3. The first-order valence-corrected chi connectivity index (χ1v) is 6.29. The van der Waals surface area contributed by atoms with Crippen LogP contribution in [0.15, 0.2) is 6.07 Å². The molecule has 3 rings (SSSR count). The van der Waals surface area contributed by atoms with Crippen molar-refractivity contribution in [3.8, 4) is 6.07 Å². The van der Waals surface area contributed by atoms with Crippen LogP contribution in [0.5, 0.6) is 0 Å². The fourth-order valence-corrected chi connectivity index (χ4v) is 2.96. The van der Waals surface area contributed by atoms with Gasteiger partial charge in [0.15, 0.2) is 0 Å². The Kier molecular flexibility index (Phi) is 2.40. The van der Waals surface area contributed by atoms with Gasteiger partial charge in [-0.25, -0.2) is 0 Å². The van der Waals surface area contributed by atoms with Gasteiger partial charge in [-0.3, -0.25) is 4.98 Å². The minimum Gasteiger partial charge on any atom is -0.256 e. The summed E-state index contributed by atoms with van der Waals surface area (Å²) in [6, 6.07) is 4.74. The molecule has 0 spiro atoms. The molecule has 2 aliphatic rings. The van der Waals surface area contributed by atoms with Crippen molar-refractivity contribution in [1.82, 2.24) is 4.98 Å². The van der Waals surface area contributed by atoms with E-state index in [0.717, 1.165) is 31.4 Å². The molecule has 0 bridgehead atoms. The molecule has 2 aliphatic carbocycles. The highest BCUT2D eigenvalue weighted by atomic mass is 14.7. The van der Waals surface area contributed by atoms with E-state index in [4.69, 9.17) is 10.2 Å². The topological polar surface area (TPSA) is 36.7 Å². The van der Waals surface area contributed by atoms with Crippen LogP contribution in [0, 0.1) is 11.3 Å². The molecule has 0 N–H and O–H groups in total. The molecule has 1 aromatic rings. The number of rotatable bonds is 0. The highest BCUT2D eigenvalue weighted by molar-refractivity contribution is 5.37. The molecular formula is C14H16N2.